The first kappa shape index (κ1) is 11.1. The highest BCUT2D eigenvalue weighted by Gasteiger charge is 2.28. The van der Waals surface area contributed by atoms with Crippen molar-refractivity contribution in [2.24, 2.45) is 0 Å². The lowest BCUT2D eigenvalue weighted by atomic mass is 10.2. The highest BCUT2D eigenvalue weighted by atomic mass is 79.9. The van der Waals surface area contributed by atoms with Gasteiger partial charge in [-0.15, -0.1) is 0 Å². The summed E-state index contributed by atoms with van der Waals surface area (Å²) in [7, 11) is 0. The van der Waals surface area contributed by atoms with Crippen molar-refractivity contribution in [3.8, 4) is 0 Å². The van der Waals surface area contributed by atoms with Crippen LogP contribution >= 0.6 is 15.9 Å². The average molecular weight is 287 g/mol. The monoisotopic (exact) mass is 286 g/mol. The Hall–Kier alpha value is -1.43. The fraction of sp³-hybridized carbons (Fsp3) is 0.200. The summed E-state index contributed by atoms with van der Waals surface area (Å²) >= 11 is 3.18. The summed E-state index contributed by atoms with van der Waals surface area (Å²) in [4.78, 5) is 23.7. The van der Waals surface area contributed by atoms with Crippen molar-refractivity contribution in [2.75, 3.05) is 6.54 Å². The molecule has 0 aliphatic carbocycles. The van der Waals surface area contributed by atoms with Gasteiger partial charge < -0.3 is 5.32 Å². The molecule has 1 fully saturated rings. The van der Waals surface area contributed by atoms with Gasteiger partial charge in [0.1, 0.15) is 5.82 Å². The second kappa shape index (κ2) is 4.21. The minimum Gasteiger partial charge on any atom is -0.329 e. The molecule has 16 heavy (non-hydrogen) atoms. The number of imide groups is 1. The van der Waals surface area contributed by atoms with Crippen molar-refractivity contribution >= 4 is 27.9 Å². The van der Waals surface area contributed by atoms with Crippen molar-refractivity contribution in [3.63, 3.8) is 0 Å². The van der Waals surface area contributed by atoms with Gasteiger partial charge in [-0.2, -0.15) is 0 Å². The van der Waals surface area contributed by atoms with Gasteiger partial charge in [0.15, 0.2) is 0 Å². The van der Waals surface area contributed by atoms with E-state index in [0.29, 0.717) is 10.0 Å². The fourth-order valence-electron chi connectivity index (χ4n) is 1.44. The number of rotatable bonds is 2. The largest absolute Gasteiger partial charge is 0.329 e. The van der Waals surface area contributed by atoms with E-state index in [-0.39, 0.29) is 24.8 Å². The van der Waals surface area contributed by atoms with E-state index in [4.69, 9.17) is 0 Å². The molecule has 0 bridgehead atoms. The SMILES string of the molecule is O=C1CNC(=O)N1Cc1ccc(F)cc1Br. The summed E-state index contributed by atoms with van der Waals surface area (Å²) in [6.45, 7) is 0.170. The molecule has 84 valence electrons. The Balaban J connectivity index is 2.20. The number of carbonyl (C=O) groups is 2. The van der Waals surface area contributed by atoms with Crippen molar-refractivity contribution in [2.45, 2.75) is 6.54 Å². The molecule has 1 aliphatic rings. The lowest BCUT2D eigenvalue weighted by Crippen LogP contribution is -2.30. The zero-order valence-electron chi connectivity index (χ0n) is 8.17. The molecule has 0 radical (unpaired) electrons. The van der Waals surface area contributed by atoms with Crippen molar-refractivity contribution in [3.05, 3.63) is 34.1 Å². The van der Waals surface area contributed by atoms with Gasteiger partial charge in [-0.25, -0.2) is 9.18 Å². The maximum absolute atomic E-state index is 12.8. The Morgan fingerprint density at radius 3 is 2.75 bits per heavy atom. The minimum absolute atomic E-state index is 0.0254. The van der Waals surface area contributed by atoms with Gasteiger partial charge in [0.25, 0.3) is 0 Å². The maximum Gasteiger partial charge on any atom is 0.324 e. The number of hydrogen-bond acceptors (Lipinski definition) is 2. The minimum atomic E-state index is -0.416. The summed E-state index contributed by atoms with van der Waals surface area (Å²) in [5.41, 5.74) is 0.687. The van der Waals surface area contributed by atoms with Crippen molar-refractivity contribution in [1.29, 1.82) is 0 Å². The van der Waals surface area contributed by atoms with Crippen LogP contribution in [0, 0.1) is 5.82 Å². The first-order valence-corrected chi connectivity index (χ1v) is 5.39. The van der Waals surface area contributed by atoms with Crippen LogP contribution in [-0.4, -0.2) is 23.4 Å². The predicted molar refractivity (Wildman–Crippen MR) is 58.0 cm³/mol. The van der Waals surface area contributed by atoms with Crippen molar-refractivity contribution in [1.82, 2.24) is 10.2 Å². The summed E-state index contributed by atoms with van der Waals surface area (Å²) in [6.07, 6.45) is 0. The van der Waals surface area contributed by atoms with Gasteiger partial charge in [-0.3, -0.25) is 9.69 Å². The number of nitrogens with one attached hydrogen (secondary N) is 1. The van der Waals surface area contributed by atoms with E-state index in [9.17, 15) is 14.0 Å². The average Bonchev–Trinajstić information content (AvgIpc) is 2.53. The molecular formula is C10H8BrFN2O2. The van der Waals surface area contributed by atoms with Gasteiger partial charge in [-0.05, 0) is 17.7 Å². The Morgan fingerprint density at radius 1 is 1.44 bits per heavy atom. The quantitative estimate of drug-likeness (QED) is 0.841. The summed E-state index contributed by atoms with van der Waals surface area (Å²) in [5.74, 6) is -0.644. The number of carbonyl (C=O) groups excluding carboxylic acids is 2. The number of urea groups is 1. The topological polar surface area (TPSA) is 49.4 Å². The number of benzene rings is 1. The highest BCUT2D eigenvalue weighted by Crippen LogP contribution is 2.20. The third-order valence-electron chi connectivity index (χ3n) is 2.28. The Labute approximate surface area is 99.6 Å². The van der Waals surface area contributed by atoms with E-state index in [1.54, 1.807) is 0 Å². The van der Waals surface area contributed by atoms with Crippen molar-refractivity contribution < 1.29 is 14.0 Å². The number of hydrogen-bond donors (Lipinski definition) is 1. The lowest BCUT2D eigenvalue weighted by molar-refractivity contribution is -0.125. The third-order valence-corrected chi connectivity index (χ3v) is 3.02. The Bertz CT molecular complexity index is 448. The molecule has 1 aromatic carbocycles. The fourth-order valence-corrected chi connectivity index (χ4v) is 1.91. The van der Waals surface area contributed by atoms with Gasteiger partial charge in [0.2, 0.25) is 5.91 Å². The van der Waals surface area contributed by atoms with Gasteiger partial charge in [0.05, 0.1) is 13.1 Å². The molecule has 0 atom stereocenters. The van der Waals surface area contributed by atoms with E-state index >= 15 is 0 Å². The summed E-state index contributed by atoms with van der Waals surface area (Å²) in [6, 6.07) is 3.71. The molecular weight excluding hydrogens is 279 g/mol. The summed E-state index contributed by atoms with van der Waals surface area (Å²) < 4.78 is 13.4. The Morgan fingerprint density at radius 2 is 2.19 bits per heavy atom. The normalized spacial score (nSPS) is 15.5. The zero-order chi connectivity index (χ0) is 11.7. The Kier molecular flexibility index (Phi) is 2.91. The zero-order valence-corrected chi connectivity index (χ0v) is 9.75. The molecule has 0 saturated carbocycles. The van der Waals surface area contributed by atoms with Gasteiger partial charge in [0, 0.05) is 4.47 Å². The molecule has 1 aromatic rings. The summed E-state index contributed by atoms with van der Waals surface area (Å²) in [5, 5.41) is 2.42. The predicted octanol–water partition coefficient (Wildman–Crippen LogP) is 1.64. The van der Waals surface area contributed by atoms with Crippen LogP contribution in [0.4, 0.5) is 9.18 Å². The maximum atomic E-state index is 12.8. The molecule has 2 rings (SSSR count). The number of nitrogens with zero attached hydrogens (tertiary/aromatic N) is 1. The number of amides is 3. The highest BCUT2D eigenvalue weighted by molar-refractivity contribution is 9.10. The van der Waals surface area contributed by atoms with Crippen LogP contribution in [0.1, 0.15) is 5.56 Å². The molecule has 0 unspecified atom stereocenters. The van der Waals surface area contributed by atoms with Crippen LogP contribution in [-0.2, 0) is 11.3 Å². The van der Waals surface area contributed by atoms with Gasteiger partial charge in [-0.1, -0.05) is 22.0 Å². The second-order valence-corrected chi connectivity index (χ2v) is 4.23. The first-order chi connectivity index (χ1) is 7.58. The van der Waals surface area contributed by atoms with E-state index < -0.39 is 6.03 Å². The van der Waals surface area contributed by atoms with Crippen LogP contribution in [0.2, 0.25) is 0 Å². The molecule has 0 spiro atoms. The molecule has 1 heterocycles. The van der Waals surface area contributed by atoms with Crippen LogP contribution in [0.25, 0.3) is 0 Å². The third kappa shape index (κ3) is 2.06. The van der Waals surface area contributed by atoms with E-state index in [1.165, 1.54) is 18.2 Å². The first-order valence-electron chi connectivity index (χ1n) is 4.60. The molecule has 1 saturated heterocycles. The molecule has 0 aromatic heterocycles. The van der Waals surface area contributed by atoms with Gasteiger partial charge >= 0.3 is 6.03 Å². The second-order valence-electron chi connectivity index (χ2n) is 3.37. The molecule has 4 nitrogen and oxygen atoms in total. The lowest BCUT2D eigenvalue weighted by Gasteiger charge is -2.13. The van der Waals surface area contributed by atoms with Crippen LogP contribution < -0.4 is 5.32 Å². The van der Waals surface area contributed by atoms with E-state index in [1.807, 2.05) is 0 Å². The van der Waals surface area contributed by atoms with Crippen LogP contribution in [0.5, 0.6) is 0 Å². The smallest absolute Gasteiger partial charge is 0.324 e. The molecule has 3 amide bonds. The standard InChI is InChI=1S/C10H8BrFN2O2/c11-8-3-7(12)2-1-6(8)5-14-9(15)4-13-10(14)16/h1-3H,4-5H2,(H,13,16). The molecule has 1 N–H and O–H groups in total. The van der Waals surface area contributed by atoms with Crippen LogP contribution in [0.15, 0.2) is 22.7 Å². The van der Waals surface area contributed by atoms with E-state index in [2.05, 4.69) is 21.2 Å². The molecule has 6 heteroatoms. The number of halogens is 2. The molecule has 1 aliphatic heterocycles. The van der Waals surface area contributed by atoms with Crippen LogP contribution in [0.3, 0.4) is 0 Å². The van der Waals surface area contributed by atoms with E-state index in [0.717, 1.165) is 4.90 Å².